The molecule has 4 heteroatoms. The third-order valence-corrected chi connectivity index (χ3v) is 3.60. The van der Waals surface area contributed by atoms with Crippen LogP contribution in [0.5, 0.6) is 0 Å². The lowest BCUT2D eigenvalue weighted by Gasteiger charge is -2.31. The van der Waals surface area contributed by atoms with Crippen molar-refractivity contribution in [2.24, 2.45) is 13.0 Å². The molecule has 0 radical (unpaired) electrons. The first-order valence-corrected chi connectivity index (χ1v) is 5.95. The van der Waals surface area contributed by atoms with Gasteiger partial charge in [-0.15, -0.1) is 0 Å². The molecule has 2 N–H and O–H groups in total. The van der Waals surface area contributed by atoms with Gasteiger partial charge in [0.05, 0.1) is 11.8 Å². The molecule has 0 amide bonds. The highest BCUT2D eigenvalue weighted by Crippen LogP contribution is 2.26. The van der Waals surface area contributed by atoms with Gasteiger partial charge in [-0.25, -0.2) is 0 Å². The second kappa shape index (κ2) is 4.55. The first kappa shape index (κ1) is 11.6. The molecule has 16 heavy (non-hydrogen) atoms. The van der Waals surface area contributed by atoms with Gasteiger partial charge < -0.3 is 10.4 Å². The molecule has 1 aliphatic carbocycles. The summed E-state index contributed by atoms with van der Waals surface area (Å²) >= 11 is 0. The largest absolute Gasteiger partial charge is 0.393 e. The number of nitrogens with zero attached hydrogens (tertiary/aromatic N) is 2. The Morgan fingerprint density at radius 1 is 1.44 bits per heavy atom. The van der Waals surface area contributed by atoms with Gasteiger partial charge in [-0.2, -0.15) is 5.10 Å². The van der Waals surface area contributed by atoms with Gasteiger partial charge in [0.1, 0.15) is 0 Å². The molecule has 1 saturated carbocycles. The van der Waals surface area contributed by atoms with Crippen molar-refractivity contribution in [3.05, 3.63) is 17.0 Å². The Morgan fingerprint density at radius 2 is 2.12 bits per heavy atom. The maximum atomic E-state index is 9.19. The molecule has 0 saturated heterocycles. The Kier molecular flexibility index (Phi) is 3.30. The number of aryl methyl sites for hydroxylation is 2. The summed E-state index contributed by atoms with van der Waals surface area (Å²) in [5.74, 6) is 0.660. The smallest absolute Gasteiger partial charge is 0.0641 e. The Hall–Kier alpha value is -0.870. The van der Waals surface area contributed by atoms with E-state index in [0.717, 1.165) is 31.6 Å². The molecule has 4 nitrogen and oxygen atoms in total. The van der Waals surface area contributed by atoms with Gasteiger partial charge in [-0.3, -0.25) is 4.68 Å². The fraction of sp³-hybridized carbons (Fsp3) is 0.750. The van der Waals surface area contributed by atoms with Crippen LogP contribution in [0.3, 0.4) is 0 Å². The molecule has 1 aromatic heterocycles. The van der Waals surface area contributed by atoms with Gasteiger partial charge in [-0.1, -0.05) is 0 Å². The highest BCUT2D eigenvalue weighted by atomic mass is 16.3. The van der Waals surface area contributed by atoms with Gasteiger partial charge in [0, 0.05) is 24.8 Å². The van der Waals surface area contributed by atoms with Crippen LogP contribution in [0.25, 0.3) is 0 Å². The molecule has 1 aliphatic rings. The highest BCUT2D eigenvalue weighted by Gasteiger charge is 2.26. The molecule has 1 aromatic rings. The van der Waals surface area contributed by atoms with E-state index in [-0.39, 0.29) is 6.10 Å². The minimum Gasteiger partial charge on any atom is -0.393 e. The summed E-state index contributed by atoms with van der Waals surface area (Å²) in [5, 5.41) is 17.0. The Labute approximate surface area is 96.7 Å². The summed E-state index contributed by atoms with van der Waals surface area (Å²) in [4.78, 5) is 0. The van der Waals surface area contributed by atoms with Crippen molar-refractivity contribution in [3.63, 3.8) is 0 Å². The molecular formula is C12H21N3O. The summed E-state index contributed by atoms with van der Waals surface area (Å²) in [6.07, 6.45) is 1.87. The van der Waals surface area contributed by atoms with Crippen LogP contribution in [0.2, 0.25) is 0 Å². The van der Waals surface area contributed by atoms with E-state index in [1.54, 1.807) is 0 Å². The van der Waals surface area contributed by atoms with E-state index in [2.05, 4.69) is 24.3 Å². The quantitative estimate of drug-likeness (QED) is 0.797. The standard InChI is InChI=1S/C12H21N3O/c1-8-12(9(2)15(3)14-8)7-13-6-10-4-11(16)5-10/h10-11,13,16H,4-7H2,1-3H3. The maximum absolute atomic E-state index is 9.19. The average molecular weight is 223 g/mol. The third-order valence-electron chi connectivity index (χ3n) is 3.60. The molecule has 0 aliphatic heterocycles. The lowest BCUT2D eigenvalue weighted by molar-refractivity contribution is 0.0429. The zero-order valence-electron chi connectivity index (χ0n) is 10.3. The molecule has 0 atom stereocenters. The lowest BCUT2D eigenvalue weighted by Crippen LogP contribution is -2.36. The highest BCUT2D eigenvalue weighted by molar-refractivity contribution is 5.23. The van der Waals surface area contributed by atoms with Gasteiger partial charge >= 0.3 is 0 Å². The zero-order valence-corrected chi connectivity index (χ0v) is 10.3. The number of rotatable bonds is 4. The molecule has 0 spiro atoms. The van der Waals surface area contributed by atoms with E-state index < -0.39 is 0 Å². The monoisotopic (exact) mass is 223 g/mol. The van der Waals surface area contributed by atoms with E-state index >= 15 is 0 Å². The van der Waals surface area contributed by atoms with E-state index in [4.69, 9.17) is 0 Å². The van der Waals surface area contributed by atoms with Gasteiger partial charge in [0.25, 0.3) is 0 Å². The Bertz CT molecular complexity index is 367. The third kappa shape index (κ3) is 2.28. The number of aliphatic hydroxyl groups excluding tert-OH is 1. The van der Waals surface area contributed by atoms with Crippen molar-refractivity contribution in [1.29, 1.82) is 0 Å². The molecule has 0 aromatic carbocycles. The van der Waals surface area contributed by atoms with Crippen LogP contribution in [-0.4, -0.2) is 27.5 Å². The van der Waals surface area contributed by atoms with E-state index in [1.807, 2.05) is 11.7 Å². The first-order valence-electron chi connectivity index (χ1n) is 5.95. The average Bonchev–Trinajstić information content (AvgIpc) is 2.41. The Balaban J connectivity index is 1.81. The van der Waals surface area contributed by atoms with Crippen LogP contribution in [0.15, 0.2) is 0 Å². The van der Waals surface area contributed by atoms with Gasteiger partial charge in [0.15, 0.2) is 0 Å². The predicted octanol–water partition coefficient (Wildman–Crippen LogP) is 0.897. The fourth-order valence-corrected chi connectivity index (χ4v) is 2.34. The number of aromatic nitrogens is 2. The van der Waals surface area contributed by atoms with Crippen molar-refractivity contribution >= 4 is 0 Å². The SMILES string of the molecule is Cc1nn(C)c(C)c1CNCC1CC(O)C1. The minimum atomic E-state index is -0.0475. The maximum Gasteiger partial charge on any atom is 0.0641 e. The molecular weight excluding hydrogens is 202 g/mol. The van der Waals surface area contributed by atoms with Crippen molar-refractivity contribution in [1.82, 2.24) is 15.1 Å². The van der Waals surface area contributed by atoms with Crippen LogP contribution in [0.4, 0.5) is 0 Å². The van der Waals surface area contributed by atoms with Gasteiger partial charge in [-0.05, 0) is 39.2 Å². The van der Waals surface area contributed by atoms with Gasteiger partial charge in [0.2, 0.25) is 0 Å². The van der Waals surface area contributed by atoms with E-state index in [0.29, 0.717) is 5.92 Å². The summed E-state index contributed by atoms with van der Waals surface area (Å²) in [6, 6.07) is 0. The van der Waals surface area contributed by atoms with Crippen molar-refractivity contribution in [2.45, 2.75) is 39.3 Å². The van der Waals surface area contributed by atoms with Crippen LogP contribution in [-0.2, 0) is 13.6 Å². The summed E-state index contributed by atoms with van der Waals surface area (Å²) in [6.45, 7) is 6.05. The van der Waals surface area contributed by atoms with E-state index in [9.17, 15) is 5.11 Å². The van der Waals surface area contributed by atoms with Crippen molar-refractivity contribution < 1.29 is 5.11 Å². The second-order valence-corrected chi connectivity index (χ2v) is 4.90. The number of hydrogen-bond acceptors (Lipinski definition) is 3. The van der Waals surface area contributed by atoms with Crippen molar-refractivity contribution in [3.8, 4) is 0 Å². The molecule has 1 heterocycles. The lowest BCUT2D eigenvalue weighted by atomic mass is 9.82. The topological polar surface area (TPSA) is 50.1 Å². The second-order valence-electron chi connectivity index (χ2n) is 4.90. The zero-order chi connectivity index (χ0) is 11.7. The normalized spacial score (nSPS) is 24.5. The van der Waals surface area contributed by atoms with Crippen LogP contribution in [0.1, 0.15) is 29.8 Å². The summed E-state index contributed by atoms with van der Waals surface area (Å²) in [7, 11) is 1.98. The molecule has 2 rings (SSSR count). The molecule has 0 unspecified atom stereocenters. The van der Waals surface area contributed by atoms with Crippen LogP contribution in [0, 0.1) is 19.8 Å². The molecule has 0 bridgehead atoms. The number of aliphatic hydroxyl groups is 1. The summed E-state index contributed by atoms with van der Waals surface area (Å²) < 4.78 is 1.93. The summed E-state index contributed by atoms with van der Waals surface area (Å²) in [5.41, 5.74) is 3.65. The molecule has 90 valence electrons. The fourth-order valence-electron chi connectivity index (χ4n) is 2.34. The minimum absolute atomic E-state index is 0.0475. The number of nitrogens with one attached hydrogen (secondary N) is 1. The number of hydrogen-bond donors (Lipinski definition) is 2. The predicted molar refractivity (Wildman–Crippen MR) is 63.1 cm³/mol. The first-order chi connectivity index (χ1) is 7.58. The van der Waals surface area contributed by atoms with Crippen molar-refractivity contribution in [2.75, 3.05) is 6.54 Å². The molecule has 1 fully saturated rings. The Morgan fingerprint density at radius 3 is 2.62 bits per heavy atom. The van der Waals surface area contributed by atoms with Crippen LogP contribution < -0.4 is 5.32 Å². The van der Waals surface area contributed by atoms with E-state index in [1.165, 1.54) is 11.3 Å². The van der Waals surface area contributed by atoms with Crippen LogP contribution >= 0.6 is 0 Å².